The van der Waals surface area contributed by atoms with E-state index in [-0.39, 0.29) is 0 Å². The number of ether oxygens (including phenoxy) is 2. The minimum absolute atomic E-state index is 0.394. The third-order valence-corrected chi connectivity index (χ3v) is 7.80. The number of hydrogen-bond donors (Lipinski definition) is 1. The van der Waals surface area contributed by atoms with Crippen LogP contribution in [0.2, 0.25) is 0 Å². The summed E-state index contributed by atoms with van der Waals surface area (Å²) in [5, 5.41) is 13.8. The van der Waals surface area contributed by atoms with Gasteiger partial charge in [0.25, 0.3) is 0 Å². The molecule has 31 heavy (non-hydrogen) atoms. The molecule has 2 heterocycles. The first-order valence-corrected chi connectivity index (χ1v) is 12.8. The maximum absolute atomic E-state index is 10.1. The quantitative estimate of drug-likeness (QED) is 0.592. The van der Waals surface area contributed by atoms with Crippen molar-refractivity contribution in [1.82, 2.24) is 10.2 Å². The monoisotopic (exact) mass is 441 g/mol. The molecule has 1 N–H and O–H groups in total. The highest BCUT2D eigenvalue weighted by molar-refractivity contribution is 8.03. The molecular formula is C25H35N3O2S. The van der Waals surface area contributed by atoms with Crippen molar-refractivity contribution in [2.24, 2.45) is 0 Å². The zero-order chi connectivity index (χ0) is 21.6. The molecule has 3 aliphatic rings. The van der Waals surface area contributed by atoms with Crippen LogP contribution in [0.4, 0.5) is 0 Å². The number of hydrogen-bond acceptors (Lipinski definition) is 6. The van der Waals surface area contributed by atoms with Crippen LogP contribution in [0.1, 0.15) is 68.9 Å². The van der Waals surface area contributed by atoms with E-state index in [1.165, 1.54) is 57.2 Å². The van der Waals surface area contributed by atoms with Crippen molar-refractivity contribution in [3.8, 4) is 17.6 Å². The van der Waals surface area contributed by atoms with E-state index < -0.39 is 0 Å². The lowest BCUT2D eigenvalue weighted by molar-refractivity contribution is 0.242. The van der Waals surface area contributed by atoms with E-state index in [9.17, 15) is 5.26 Å². The van der Waals surface area contributed by atoms with Crippen LogP contribution in [0, 0.1) is 11.3 Å². The number of allylic oxidation sites excluding steroid dienone is 1. The zero-order valence-electron chi connectivity index (χ0n) is 18.9. The molecule has 0 aromatic heterocycles. The average molecular weight is 442 g/mol. The third-order valence-electron chi connectivity index (χ3n) is 6.83. The predicted octanol–water partition coefficient (Wildman–Crippen LogP) is 5.13. The minimum atomic E-state index is 0.394. The highest BCUT2D eigenvalue weighted by atomic mass is 32.2. The van der Waals surface area contributed by atoms with Gasteiger partial charge in [0.15, 0.2) is 11.5 Å². The third kappa shape index (κ3) is 4.99. The molecule has 6 heteroatoms. The Labute approximate surface area is 191 Å². The molecule has 2 aliphatic heterocycles. The summed E-state index contributed by atoms with van der Waals surface area (Å²) in [4.78, 5) is 3.33. The maximum atomic E-state index is 10.1. The first kappa shape index (κ1) is 22.4. The second kappa shape index (κ2) is 10.7. The second-order valence-electron chi connectivity index (χ2n) is 8.73. The lowest BCUT2D eigenvalue weighted by Crippen LogP contribution is -2.41. The van der Waals surface area contributed by atoms with E-state index in [0.717, 1.165) is 46.4 Å². The van der Waals surface area contributed by atoms with Crippen molar-refractivity contribution in [3.05, 3.63) is 28.2 Å². The molecule has 4 rings (SSSR count). The number of piperidine rings is 1. The number of rotatable bonds is 7. The fourth-order valence-electron chi connectivity index (χ4n) is 5.27. The largest absolute Gasteiger partial charge is 0.493 e. The van der Waals surface area contributed by atoms with Crippen molar-refractivity contribution < 1.29 is 9.47 Å². The smallest absolute Gasteiger partial charge is 0.161 e. The summed E-state index contributed by atoms with van der Waals surface area (Å²) in [7, 11) is 1.69. The van der Waals surface area contributed by atoms with Crippen molar-refractivity contribution in [2.45, 2.75) is 63.8 Å². The van der Waals surface area contributed by atoms with Crippen LogP contribution in [0.5, 0.6) is 11.5 Å². The molecule has 168 valence electrons. The number of benzene rings is 1. The Balaban J connectivity index is 1.65. The topological polar surface area (TPSA) is 57.5 Å². The Morgan fingerprint density at radius 1 is 1.16 bits per heavy atom. The highest BCUT2D eigenvalue weighted by Crippen LogP contribution is 2.46. The van der Waals surface area contributed by atoms with Gasteiger partial charge in [0.05, 0.1) is 19.4 Å². The number of fused-ring (bicyclic) bond motifs is 3. The van der Waals surface area contributed by atoms with Crippen LogP contribution in [0.25, 0.3) is 5.70 Å². The summed E-state index contributed by atoms with van der Waals surface area (Å²) in [5.41, 5.74) is 3.42. The van der Waals surface area contributed by atoms with Gasteiger partial charge >= 0.3 is 0 Å². The Morgan fingerprint density at radius 3 is 2.71 bits per heavy atom. The molecule has 1 aromatic rings. The number of nitrogens with zero attached hydrogens (tertiary/aromatic N) is 2. The standard InChI is InChI=1S/C25H35N3O2S/c1-3-30-23-15-19-18-9-5-6-10-21(18)27-25(20(19)16-22(23)29-2)24(17-26)31-14-13-28-11-7-4-8-12-28/h15-16,18,21,27H,3-14H2,1-2H3/b25-24+. The van der Waals surface area contributed by atoms with E-state index in [4.69, 9.17) is 9.47 Å². The van der Waals surface area contributed by atoms with Gasteiger partial charge in [0.2, 0.25) is 0 Å². The van der Waals surface area contributed by atoms with Crippen LogP contribution in [0.15, 0.2) is 17.0 Å². The number of thioether (sulfide) groups is 1. The normalized spacial score (nSPS) is 24.9. The number of likely N-dealkylation sites (tertiary alicyclic amines) is 1. The van der Waals surface area contributed by atoms with Gasteiger partial charge in [-0.3, -0.25) is 0 Å². The highest BCUT2D eigenvalue weighted by Gasteiger charge is 2.36. The second-order valence-corrected chi connectivity index (χ2v) is 9.84. The summed E-state index contributed by atoms with van der Waals surface area (Å²) < 4.78 is 11.5. The van der Waals surface area contributed by atoms with Crippen molar-refractivity contribution in [3.63, 3.8) is 0 Å². The molecule has 1 saturated heterocycles. The van der Waals surface area contributed by atoms with Crippen molar-refractivity contribution in [2.75, 3.05) is 39.1 Å². The fourth-order valence-corrected chi connectivity index (χ4v) is 6.21. The summed E-state index contributed by atoms with van der Waals surface area (Å²) in [6.07, 6.45) is 8.79. The molecule has 1 aliphatic carbocycles. The molecule has 2 atom stereocenters. The van der Waals surface area contributed by atoms with E-state index in [1.54, 1.807) is 18.9 Å². The van der Waals surface area contributed by atoms with Gasteiger partial charge in [0, 0.05) is 29.8 Å². The Hall–Kier alpha value is -1.84. The van der Waals surface area contributed by atoms with Crippen LogP contribution in [0.3, 0.4) is 0 Å². The maximum Gasteiger partial charge on any atom is 0.161 e. The molecule has 2 unspecified atom stereocenters. The van der Waals surface area contributed by atoms with Gasteiger partial charge in [-0.1, -0.05) is 19.3 Å². The SMILES string of the molecule is CCOc1cc2c(cc1OC)/C(=C(/C#N)SCCN1CCCCC1)NC1CCCCC21. The molecule has 0 spiro atoms. The molecule has 0 radical (unpaired) electrons. The van der Waals surface area contributed by atoms with Crippen LogP contribution >= 0.6 is 11.8 Å². The molecule has 1 saturated carbocycles. The van der Waals surface area contributed by atoms with Crippen molar-refractivity contribution >= 4 is 17.5 Å². The van der Waals surface area contributed by atoms with Crippen LogP contribution in [-0.2, 0) is 0 Å². The Kier molecular flexibility index (Phi) is 7.68. The average Bonchev–Trinajstić information content (AvgIpc) is 2.82. The molecule has 2 fully saturated rings. The van der Waals surface area contributed by atoms with Crippen LogP contribution in [-0.4, -0.2) is 50.0 Å². The lowest BCUT2D eigenvalue weighted by Gasteiger charge is -2.40. The van der Waals surface area contributed by atoms with E-state index in [0.29, 0.717) is 18.6 Å². The molecule has 0 amide bonds. The van der Waals surface area contributed by atoms with Crippen molar-refractivity contribution in [1.29, 1.82) is 5.26 Å². The summed E-state index contributed by atoms with van der Waals surface area (Å²) in [6, 6.07) is 7.16. The summed E-state index contributed by atoms with van der Waals surface area (Å²) in [6.45, 7) is 6.05. The minimum Gasteiger partial charge on any atom is -0.493 e. The van der Waals surface area contributed by atoms with E-state index in [2.05, 4.69) is 28.4 Å². The van der Waals surface area contributed by atoms with Gasteiger partial charge in [0.1, 0.15) is 11.0 Å². The molecule has 0 bridgehead atoms. The lowest BCUT2D eigenvalue weighted by atomic mass is 9.75. The van der Waals surface area contributed by atoms with Crippen LogP contribution < -0.4 is 14.8 Å². The first-order chi connectivity index (χ1) is 15.2. The summed E-state index contributed by atoms with van der Waals surface area (Å²) in [5.74, 6) is 2.97. The molecule has 1 aromatic carbocycles. The van der Waals surface area contributed by atoms with E-state index >= 15 is 0 Å². The summed E-state index contributed by atoms with van der Waals surface area (Å²) >= 11 is 1.69. The van der Waals surface area contributed by atoms with Gasteiger partial charge < -0.3 is 19.7 Å². The predicted molar refractivity (Wildman–Crippen MR) is 128 cm³/mol. The fraction of sp³-hybridized carbons (Fsp3) is 0.640. The number of nitrogens with one attached hydrogen (secondary N) is 1. The molecule has 5 nitrogen and oxygen atoms in total. The Morgan fingerprint density at radius 2 is 1.97 bits per heavy atom. The zero-order valence-corrected chi connectivity index (χ0v) is 19.7. The number of nitriles is 1. The number of methoxy groups -OCH3 is 1. The van der Waals surface area contributed by atoms with Gasteiger partial charge in [-0.25, -0.2) is 0 Å². The van der Waals surface area contributed by atoms with E-state index in [1.807, 2.05) is 6.92 Å². The Bertz CT molecular complexity index is 842. The first-order valence-electron chi connectivity index (χ1n) is 11.9. The van der Waals surface area contributed by atoms with Gasteiger partial charge in [-0.15, -0.1) is 11.8 Å². The van der Waals surface area contributed by atoms with Gasteiger partial charge in [-0.05, 0) is 63.4 Å². The molecular weight excluding hydrogens is 406 g/mol. The van der Waals surface area contributed by atoms with Gasteiger partial charge in [-0.2, -0.15) is 5.26 Å².